The minimum absolute atomic E-state index is 0.0826. The maximum Gasteiger partial charge on any atom is 0.407 e. The van der Waals surface area contributed by atoms with Crippen molar-refractivity contribution in [2.24, 2.45) is 11.3 Å². The van der Waals surface area contributed by atoms with Crippen molar-refractivity contribution in [3.8, 4) is 11.1 Å². The molecule has 2 aromatic rings. The number of amides is 2. The predicted molar refractivity (Wildman–Crippen MR) is 135 cm³/mol. The van der Waals surface area contributed by atoms with E-state index < -0.39 is 35.0 Å². The largest absolute Gasteiger partial charge is 0.481 e. The molecule has 0 fully saturated rings. The third-order valence-electron chi connectivity index (χ3n) is 7.19. The zero-order chi connectivity index (χ0) is 26.0. The van der Waals surface area contributed by atoms with Gasteiger partial charge in [0.15, 0.2) is 0 Å². The number of rotatable bonds is 9. The lowest BCUT2D eigenvalue weighted by atomic mass is 9.74. The molecule has 2 amide bonds. The number of carbonyl (C=O) groups excluding carboxylic acids is 2. The second-order valence-corrected chi connectivity index (χ2v) is 10.7. The fourth-order valence-electron chi connectivity index (χ4n) is 4.30. The fraction of sp³-hybridized carbons (Fsp3) is 0.464. The Morgan fingerprint density at radius 1 is 0.943 bits per heavy atom. The van der Waals surface area contributed by atoms with Gasteiger partial charge in [-0.25, -0.2) is 4.79 Å². The lowest BCUT2D eigenvalue weighted by Gasteiger charge is -2.39. The normalized spacial score (nSPS) is 14.1. The Bertz CT molecular complexity index is 1060. The zero-order valence-electron chi connectivity index (χ0n) is 21.3. The van der Waals surface area contributed by atoms with Crippen LogP contribution in [0.4, 0.5) is 4.79 Å². The standard InChI is InChI=1S/C28H36N2O5/c1-17(2)15-23(24(31)30-28(5,6)27(3,4)25(32)33)29-26(34)35-16-22-20-13-9-7-11-18(20)19-12-8-10-14-21(19)22/h7-14,17,22-23H,15-16H2,1-6H3,(H,29,34)(H,30,31)(H,32,33)/t23-/m0/s1. The van der Waals surface area contributed by atoms with Crippen LogP contribution in [0.2, 0.25) is 0 Å². The molecule has 2 aromatic carbocycles. The summed E-state index contributed by atoms with van der Waals surface area (Å²) < 4.78 is 5.61. The van der Waals surface area contributed by atoms with E-state index in [9.17, 15) is 19.5 Å². The third-order valence-corrected chi connectivity index (χ3v) is 7.19. The van der Waals surface area contributed by atoms with Crippen molar-refractivity contribution in [3.05, 3.63) is 59.7 Å². The summed E-state index contributed by atoms with van der Waals surface area (Å²) in [6.07, 6.45) is -0.289. The molecule has 3 rings (SSSR count). The van der Waals surface area contributed by atoms with Crippen LogP contribution in [-0.4, -0.2) is 41.3 Å². The van der Waals surface area contributed by atoms with Crippen molar-refractivity contribution in [2.75, 3.05) is 6.61 Å². The molecule has 0 aromatic heterocycles. The summed E-state index contributed by atoms with van der Waals surface area (Å²) in [5, 5.41) is 15.1. The van der Waals surface area contributed by atoms with Crippen molar-refractivity contribution in [2.45, 2.75) is 65.5 Å². The summed E-state index contributed by atoms with van der Waals surface area (Å²) in [5.74, 6) is -1.42. The molecule has 0 bridgehead atoms. The first-order valence-corrected chi connectivity index (χ1v) is 12.0. The minimum atomic E-state index is -1.21. The number of nitrogens with one attached hydrogen (secondary N) is 2. The van der Waals surface area contributed by atoms with E-state index in [2.05, 4.69) is 22.8 Å². The van der Waals surface area contributed by atoms with E-state index >= 15 is 0 Å². The molecule has 0 saturated heterocycles. The molecule has 0 saturated carbocycles. The van der Waals surface area contributed by atoms with Crippen molar-refractivity contribution in [3.63, 3.8) is 0 Å². The van der Waals surface area contributed by atoms with Crippen LogP contribution in [0, 0.1) is 11.3 Å². The minimum Gasteiger partial charge on any atom is -0.481 e. The van der Waals surface area contributed by atoms with Gasteiger partial charge in [-0.15, -0.1) is 0 Å². The van der Waals surface area contributed by atoms with Crippen LogP contribution in [0.25, 0.3) is 11.1 Å². The second-order valence-electron chi connectivity index (χ2n) is 10.7. The Morgan fingerprint density at radius 2 is 1.46 bits per heavy atom. The van der Waals surface area contributed by atoms with Gasteiger partial charge in [0.2, 0.25) is 5.91 Å². The summed E-state index contributed by atoms with van der Waals surface area (Å²) in [7, 11) is 0. The van der Waals surface area contributed by atoms with Gasteiger partial charge in [-0.05, 0) is 62.3 Å². The first kappa shape index (κ1) is 26.3. The van der Waals surface area contributed by atoms with Gasteiger partial charge >= 0.3 is 12.1 Å². The van der Waals surface area contributed by atoms with Crippen LogP contribution >= 0.6 is 0 Å². The fourth-order valence-corrected chi connectivity index (χ4v) is 4.30. The highest BCUT2D eigenvalue weighted by molar-refractivity contribution is 5.87. The van der Waals surface area contributed by atoms with Gasteiger partial charge in [0, 0.05) is 5.92 Å². The molecule has 1 atom stereocenters. The average Bonchev–Trinajstić information content (AvgIpc) is 3.10. The number of carbonyl (C=O) groups is 3. The number of hydrogen-bond acceptors (Lipinski definition) is 4. The SMILES string of the molecule is CC(C)C[C@H](NC(=O)OCC1c2ccccc2-c2ccccc21)C(=O)NC(C)(C)C(C)(C)C(=O)O. The smallest absolute Gasteiger partial charge is 0.407 e. The summed E-state index contributed by atoms with van der Waals surface area (Å²) in [5.41, 5.74) is 2.23. The van der Waals surface area contributed by atoms with Crippen LogP contribution in [0.1, 0.15) is 65.0 Å². The van der Waals surface area contributed by atoms with Gasteiger partial charge in [0.05, 0.1) is 11.0 Å². The number of hydrogen-bond donors (Lipinski definition) is 3. The number of carboxylic acids is 1. The van der Waals surface area contributed by atoms with Gasteiger partial charge < -0.3 is 20.5 Å². The van der Waals surface area contributed by atoms with E-state index in [1.54, 1.807) is 27.7 Å². The maximum absolute atomic E-state index is 13.1. The first-order valence-electron chi connectivity index (χ1n) is 12.0. The molecule has 35 heavy (non-hydrogen) atoms. The summed E-state index contributed by atoms with van der Waals surface area (Å²) >= 11 is 0. The Hall–Kier alpha value is -3.35. The monoisotopic (exact) mass is 480 g/mol. The van der Waals surface area contributed by atoms with E-state index in [-0.39, 0.29) is 18.4 Å². The molecule has 0 aliphatic heterocycles. The first-order chi connectivity index (χ1) is 16.3. The summed E-state index contributed by atoms with van der Waals surface area (Å²) in [4.78, 5) is 37.6. The van der Waals surface area contributed by atoms with Crippen LogP contribution in [0.3, 0.4) is 0 Å². The number of fused-ring (bicyclic) bond motifs is 3. The molecule has 0 spiro atoms. The number of carboxylic acid groups (broad SMARTS) is 1. The Morgan fingerprint density at radius 3 is 1.94 bits per heavy atom. The van der Waals surface area contributed by atoms with E-state index in [4.69, 9.17) is 4.74 Å². The molecule has 0 radical (unpaired) electrons. The number of ether oxygens (including phenoxy) is 1. The highest BCUT2D eigenvalue weighted by atomic mass is 16.5. The Labute approximate surface area is 207 Å². The summed E-state index contributed by atoms with van der Waals surface area (Å²) in [6.45, 7) is 10.5. The molecule has 1 aliphatic rings. The lowest BCUT2D eigenvalue weighted by Crippen LogP contribution is -2.61. The topological polar surface area (TPSA) is 105 Å². The van der Waals surface area contributed by atoms with E-state index in [1.165, 1.54) is 0 Å². The number of benzene rings is 2. The van der Waals surface area contributed by atoms with Crippen LogP contribution in [0.5, 0.6) is 0 Å². The summed E-state index contributed by atoms with van der Waals surface area (Å²) in [6, 6.07) is 15.3. The van der Waals surface area contributed by atoms with Gasteiger partial charge in [-0.3, -0.25) is 9.59 Å². The Balaban J connectivity index is 1.70. The van der Waals surface area contributed by atoms with Gasteiger partial charge in [-0.1, -0.05) is 62.4 Å². The quantitative estimate of drug-likeness (QED) is 0.471. The van der Waals surface area contributed by atoms with Crippen LogP contribution in [0.15, 0.2) is 48.5 Å². The predicted octanol–water partition coefficient (Wildman–Crippen LogP) is 4.95. The molecule has 188 valence electrons. The highest BCUT2D eigenvalue weighted by Crippen LogP contribution is 2.44. The van der Waals surface area contributed by atoms with Gasteiger partial charge in [-0.2, -0.15) is 0 Å². The van der Waals surface area contributed by atoms with E-state index in [0.717, 1.165) is 22.3 Å². The van der Waals surface area contributed by atoms with Crippen molar-refractivity contribution < 1.29 is 24.2 Å². The molecule has 7 nitrogen and oxygen atoms in total. The third kappa shape index (κ3) is 5.50. The van der Waals surface area contributed by atoms with Gasteiger partial charge in [0.25, 0.3) is 0 Å². The molecular weight excluding hydrogens is 444 g/mol. The Kier molecular flexibility index (Phi) is 7.58. The molecule has 3 N–H and O–H groups in total. The van der Waals surface area contributed by atoms with E-state index in [0.29, 0.717) is 6.42 Å². The lowest BCUT2D eigenvalue weighted by molar-refractivity contribution is -0.152. The van der Waals surface area contributed by atoms with Crippen molar-refractivity contribution in [1.29, 1.82) is 0 Å². The van der Waals surface area contributed by atoms with Crippen LogP contribution < -0.4 is 10.6 Å². The van der Waals surface area contributed by atoms with Crippen molar-refractivity contribution >= 4 is 18.0 Å². The highest BCUT2D eigenvalue weighted by Gasteiger charge is 2.45. The molecule has 1 aliphatic carbocycles. The molecule has 0 heterocycles. The molecule has 0 unspecified atom stereocenters. The van der Waals surface area contributed by atoms with Crippen molar-refractivity contribution in [1.82, 2.24) is 10.6 Å². The zero-order valence-corrected chi connectivity index (χ0v) is 21.3. The van der Waals surface area contributed by atoms with Gasteiger partial charge in [0.1, 0.15) is 12.6 Å². The molecule has 7 heteroatoms. The van der Waals surface area contributed by atoms with Crippen LogP contribution in [-0.2, 0) is 14.3 Å². The number of aliphatic carboxylic acids is 1. The van der Waals surface area contributed by atoms with E-state index in [1.807, 2.05) is 50.2 Å². The average molecular weight is 481 g/mol. The maximum atomic E-state index is 13.1. The second kappa shape index (κ2) is 10.1. The number of alkyl carbamates (subject to hydrolysis) is 1. The molecular formula is C28H36N2O5.